The Morgan fingerprint density at radius 3 is 2.70 bits per heavy atom. The van der Waals surface area contributed by atoms with E-state index in [1.807, 2.05) is 11.8 Å². The van der Waals surface area contributed by atoms with Crippen LogP contribution in [0.25, 0.3) is 0 Å². The largest absolute Gasteiger partial charge is 0.314 e. The second-order valence-electron chi connectivity index (χ2n) is 1.50. The van der Waals surface area contributed by atoms with Gasteiger partial charge in [-0.3, -0.25) is 0 Å². The van der Waals surface area contributed by atoms with Gasteiger partial charge in [0, 0.05) is 5.75 Å². The molecule has 0 radical (unpaired) electrons. The van der Waals surface area contributed by atoms with E-state index >= 15 is 0 Å². The van der Waals surface area contributed by atoms with Crippen LogP contribution in [0.2, 0.25) is 0 Å². The highest BCUT2D eigenvalue weighted by molar-refractivity contribution is 8.03. The SMILES string of the molecule is CCSc1sc(S)c(S)[s+]1. The number of thiol groups is 2. The molecule has 1 aromatic heterocycles. The third kappa shape index (κ3) is 2.30. The van der Waals surface area contributed by atoms with Gasteiger partial charge in [0.1, 0.15) is 22.7 Å². The van der Waals surface area contributed by atoms with Crippen molar-refractivity contribution in [1.82, 2.24) is 0 Å². The minimum absolute atomic E-state index is 1.03. The first-order valence-corrected chi connectivity index (χ1v) is 6.23. The maximum Gasteiger partial charge on any atom is 0.314 e. The fourth-order valence-electron chi connectivity index (χ4n) is 0.443. The molecule has 0 spiro atoms. The summed E-state index contributed by atoms with van der Waals surface area (Å²) >= 11 is 13.8. The highest BCUT2D eigenvalue weighted by atomic mass is 32.2. The molecular weight excluding hydrogens is 220 g/mol. The summed E-state index contributed by atoms with van der Waals surface area (Å²) < 4.78 is 3.41. The minimum atomic E-state index is 1.03. The molecule has 0 fully saturated rings. The normalized spacial score (nSPS) is 10.3. The molecule has 0 N–H and O–H groups in total. The zero-order chi connectivity index (χ0) is 7.56. The first kappa shape index (κ1) is 9.19. The predicted molar refractivity (Wildman–Crippen MR) is 57.5 cm³/mol. The molecule has 0 unspecified atom stereocenters. The van der Waals surface area contributed by atoms with Crippen molar-refractivity contribution >= 4 is 59.7 Å². The Balaban J connectivity index is 2.77. The maximum atomic E-state index is 4.25. The minimum Gasteiger partial charge on any atom is -0.105 e. The van der Waals surface area contributed by atoms with Crippen LogP contribution in [0.1, 0.15) is 6.92 Å². The Morgan fingerprint density at radius 1 is 1.60 bits per heavy atom. The van der Waals surface area contributed by atoms with Crippen molar-refractivity contribution in [2.24, 2.45) is 0 Å². The van der Waals surface area contributed by atoms with Gasteiger partial charge in [0.05, 0.1) is 0 Å². The fraction of sp³-hybridized carbons (Fsp3) is 0.400. The van der Waals surface area contributed by atoms with Crippen LogP contribution < -0.4 is 0 Å². The summed E-state index contributed by atoms with van der Waals surface area (Å²) in [4.78, 5) is 0. The molecule has 1 aromatic rings. The van der Waals surface area contributed by atoms with Crippen molar-refractivity contribution in [2.75, 3.05) is 5.75 Å². The summed E-state index contributed by atoms with van der Waals surface area (Å²) in [5.41, 5.74) is 0. The van der Waals surface area contributed by atoms with Crippen molar-refractivity contribution < 1.29 is 0 Å². The van der Waals surface area contributed by atoms with Gasteiger partial charge in [-0.05, 0) is 0 Å². The standard InChI is InChI=1S/C5H6S5/c1-2-8-5-9-3(6)4(7)10-5/h2H2,1H3,(H-,6,7)/p+1. The highest BCUT2D eigenvalue weighted by Crippen LogP contribution is 2.39. The number of hydrogen-bond donors (Lipinski definition) is 2. The van der Waals surface area contributed by atoms with Crippen LogP contribution in [0.3, 0.4) is 0 Å². The van der Waals surface area contributed by atoms with Gasteiger partial charge >= 0.3 is 3.52 Å². The van der Waals surface area contributed by atoms with Gasteiger partial charge < -0.3 is 0 Å². The van der Waals surface area contributed by atoms with Crippen LogP contribution >= 0.6 is 59.7 Å². The quantitative estimate of drug-likeness (QED) is 0.440. The summed E-state index contributed by atoms with van der Waals surface area (Å²) in [6, 6.07) is 0. The molecule has 0 aliphatic rings. The van der Waals surface area contributed by atoms with Gasteiger partial charge in [0.2, 0.25) is 8.42 Å². The monoisotopic (exact) mass is 227 g/mol. The Bertz CT molecular complexity index is 196. The second-order valence-corrected chi connectivity index (χ2v) is 7.09. The molecule has 10 heavy (non-hydrogen) atoms. The van der Waals surface area contributed by atoms with Gasteiger partial charge in [0.25, 0.3) is 0 Å². The molecule has 0 saturated heterocycles. The van der Waals surface area contributed by atoms with Crippen LogP contribution in [-0.4, -0.2) is 5.75 Å². The Labute approximate surface area is 83.9 Å². The summed E-state index contributed by atoms with van der Waals surface area (Å²) in [5, 5.41) is 0. The molecule has 0 atom stereocenters. The van der Waals surface area contributed by atoms with Gasteiger partial charge in [-0.1, -0.05) is 18.7 Å². The average Bonchev–Trinajstić information content (AvgIpc) is 2.14. The van der Waals surface area contributed by atoms with Crippen LogP contribution in [0.15, 0.2) is 11.9 Å². The molecule has 0 aliphatic carbocycles. The summed E-state index contributed by atoms with van der Waals surface area (Å²) in [5.74, 6) is 1.12. The van der Waals surface area contributed by atoms with Gasteiger partial charge in [-0.15, -0.1) is 25.3 Å². The van der Waals surface area contributed by atoms with E-state index in [1.165, 1.54) is 3.52 Å². The molecule has 5 heteroatoms. The molecule has 56 valence electrons. The molecule has 0 aliphatic heterocycles. The number of thioether (sulfide) groups is 1. The van der Waals surface area contributed by atoms with Crippen molar-refractivity contribution in [3.63, 3.8) is 0 Å². The molecule has 0 saturated carbocycles. The second kappa shape index (κ2) is 4.21. The van der Waals surface area contributed by atoms with Crippen LogP contribution in [0.5, 0.6) is 0 Å². The van der Waals surface area contributed by atoms with E-state index in [9.17, 15) is 0 Å². The Kier molecular flexibility index (Phi) is 3.87. The van der Waals surface area contributed by atoms with Crippen molar-refractivity contribution in [1.29, 1.82) is 0 Å². The van der Waals surface area contributed by atoms with Crippen molar-refractivity contribution in [3.05, 3.63) is 0 Å². The zero-order valence-electron chi connectivity index (χ0n) is 5.33. The lowest BCUT2D eigenvalue weighted by atomic mass is 11.0. The lowest BCUT2D eigenvalue weighted by Gasteiger charge is -1.75. The van der Waals surface area contributed by atoms with E-state index < -0.39 is 0 Å². The fourth-order valence-corrected chi connectivity index (χ4v) is 5.33. The van der Waals surface area contributed by atoms with E-state index in [4.69, 9.17) is 0 Å². The van der Waals surface area contributed by atoms with E-state index in [0.29, 0.717) is 0 Å². The predicted octanol–water partition coefficient (Wildman–Crippen LogP) is 3.78. The zero-order valence-corrected chi connectivity index (χ0v) is 9.56. The molecule has 0 bridgehead atoms. The molecular formula is C5H7S5+. The number of rotatable bonds is 2. The van der Waals surface area contributed by atoms with Crippen molar-refractivity contribution in [3.8, 4) is 0 Å². The van der Waals surface area contributed by atoms with Crippen LogP contribution in [0.4, 0.5) is 0 Å². The molecule has 0 amide bonds. The molecule has 0 nitrogen and oxygen atoms in total. The van der Waals surface area contributed by atoms with Crippen molar-refractivity contribution in [2.45, 2.75) is 18.9 Å². The summed E-state index contributed by atoms with van der Waals surface area (Å²) in [6.45, 7) is 2.15. The molecule has 0 aromatic carbocycles. The van der Waals surface area contributed by atoms with Crippen LogP contribution in [0, 0.1) is 0 Å². The van der Waals surface area contributed by atoms with Gasteiger partial charge in [0.15, 0.2) is 0 Å². The summed E-state index contributed by atoms with van der Waals surface area (Å²) in [7, 11) is 0. The lowest BCUT2D eigenvalue weighted by molar-refractivity contribution is 1.53. The summed E-state index contributed by atoms with van der Waals surface area (Å²) in [6.07, 6.45) is 0. The topological polar surface area (TPSA) is 0 Å². The smallest absolute Gasteiger partial charge is 0.105 e. The first-order valence-electron chi connectivity index (χ1n) is 2.71. The van der Waals surface area contributed by atoms with Gasteiger partial charge in [-0.25, -0.2) is 0 Å². The average molecular weight is 227 g/mol. The highest BCUT2D eigenvalue weighted by Gasteiger charge is 2.16. The lowest BCUT2D eigenvalue weighted by Crippen LogP contribution is -1.57. The van der Waals surface area contributed by atoms with Gasteiger partial charge in [-0.2, -0.15) is 0 Å². The van der Waals surface area contributed by atoms with E-state index in [2.05, 4.69) is 32.2 Å². The molecule has 1 heterocycles. The van der Waals surface area contributed by atoms with E-state index in [-0.39, 0.29) is 0 Å². The Hall–Kier alpha value is 1.10. The Morgan fingerprint density at radius 2 is 2.30 bits per heavy atom. The van der Waals surface area contributed by atoms with E-state index in [1.54, 1.807) is 22.7 Å². The van der Waals surface area contributed by atoms with Crippen LogP contribution in [-0.2, 0) is 0 Å². The third-order valence-corrected chi connectivity index (χ3v) is 5.77. The van der Waals surface area contributed by atoms with E-state index in [0.717, 1.165) is 14.2 Å². The third-order valence-electron chi connectivity index (χ3n) is 0.805. The first-order chi connectivity index (χ1) is 4.74. The number of hydrogen-bond acceptors (Lipinski definition) is 4. The maximum absolute atomic E-state index is 4.25. The molecule has 1 rings (SSSR count).